The monoisotopic (exact) mass is 377 g/mol. The number of amides is 1. The van der Waals surface area contributed by atoms with Crippen LogP contribution >= 0.6 is 0 Å². The molecule has 0 bridgehead atoms. The van der Waals surface area contributed by atoms with E-state index in [2.05, 4.69) is 6.92 Å². The number of nitrogens with zero attached hydrogens (tertiary/aromatic N) is 1. The Morgan fingerprint density at radius 3 is 1.76 bits per heavy atom. The molecule has 0 fully saturated rings. The van der Waals surface area contributed by atoms with Gasteiger partial charge in [0.25, 0.3) is 0 Å². The summed E-state index contributed by atoms with van der Waals surface area (Å²) in [6.07, 6.45) is 2.40. The van der Waals surface area contributed by atoms with E-state index in [0.29, 0.717) is 6.42 Å². The molecule has 0 aliphatic heterocycles. The number of aryl methyl sites for hydroxylation is 1. The van der Waals surface area contributed by atoms with Crippen LogP contribution in [0.3, 0.4) is 0 Å². The van der Waals surface area contributed by atoms with E-state index in [1.54, 1.807) is 6.92 Å². The molecule has 0 aliphatic rings. The summed E-state index contributed by atoms with van der Waals surface area (Å²) >= 11 is 0. The zero-order valence-electron chi connectivity index (χ0n) is 17.0. The molecule has 1 atom stereocenters. The van der Waals surface area contributed by atoms with Gasteiger partial charge in [-0.1, -0.05) is 65.3 Å². The van der Waals surface area contributed by atoms with Crippen molar-refractivity contribution in [3.8, 4) is 0 Å². The van der Waals surface area contributed by atoms with Crippen molar-refractivity contribution in [3.63, 3.8) is 0 Å². The molecule has 1 rings (SSSR count). The molecule has 0 radical (unpaired) electrons. The normalized spacial score (nSPS) is 11.4. The van der Waals surface area contributed by atoms with E-state index in [0.717, 1.165) is 18.4 Å². The van der Waals surface area contributed by atoms with Gasteiger partial charge in [-0.2, -0.15) is 0 Å². The molecule has 5 heteroatoms. The number of likely N-dealkylation sites (N-methyl/N-ethyl adjacent to an activating group) is 1. The van der Waals surface area contributed by atoms with Crippen LogP contribution in [0.5, 0.6) is 0 Å². The van der Waals surface area contributed by atoms with Gasteiger partial charge in [0.15, 0.2) is 0 Å². The van der Waals surface area contributed by atoms with Crippen LogP contribution in [-0.4, -0.2) is 34.5 Å². The predicted molar refractivity (Wildman–Crippen MR) is 101 cm³/mol. The molecule has 4 nitrogen and oxygen atoms in total. The average Bonchev–Trinajstić information content (AvgIpc) is 2.59. The smallest absolute Gasteiger partial charge is 0.329 e. The number of carbonyl (C=O) groups is 2. The topological polar surface area (TPSA) is 57.6 Å². The van der Waals surface area contributed by atoms with Crippen LogP contribution in [0.1, 0.15) is 66.0 Å². The molecule has 0 heterocycles. The molecule has 1 N–H and O–H groups in total. The van der Waals surface area contributed by atoms with Crippen molar-refractivity contribution < 1.29 is 52.4 Å². The predicted octanol–water partition coefficient (Wildman–Crippen LogP) is 4.56. The number of benzene rings is 1. The summed E-state index contributed by atoms with van der Waals surface area (Å²) in [5.41, 5.74) is 0.939. The van der Waals surface area contributed by atoms with E-state index >= 15 is 0 Å². The van der Waals surface area contributed by atoms with Crippen LogP contribution < -0.4 is 0 Å². The van der Waals surface area contributed by atoms with Gasteiger partial charge in [0.2, 0.25) is 5.91 Å². The first kappa shape index (κ1) is 29.2. The molecule has 0 saturated heterocycles. The Kier molecular flexibility index (Phi) is 18.3. The minimum absolute atomic E-state index is 0. The molecule has 1 unspecified atom stereocenters. The first-order valence-corrected chi connectivity index (χ1v) is 8.87. The number of aliphatic carboxylic acids is 1. The molecular formula is C20H35ArNO3. The average molecular weight is 377 g/mol. The third-order valence-electron chi connectivity index (χ3n) is 3.78. The van der Waals surface area contributed by atoms with E-state index in [9.17, 15) is 14.7 Å². The van der Waals surface area contributed by atoms with Crippen LogP contribution in [0.25, 0.3) is 0 Å². The Bertz CT molecular complexity index is 488. The van der Waals surface area contributed by atoms with E-state index < -0.39 is 11.5 Å². The fourth-order valence-electron chi connectivity index (χ4n) is 2.20. The zero-order valence-corrected chi connectivity index (χ0v) is 17.7. The first-order valence-electron chi connectivity index (χ1n) is 8.87. The van der Waals surface area contributed by atoms with E-state index in [-0.39, 0.29) is 43.6 Å². The fourth-order valence-corrected chi connectivity index (χ4v) is 2.20. The molecule has 25 heavy (non-hydrogen) atoms. The number of carboxylic acids is 1. The summed E-state index contributed by atoms with van der Waals surface area (Å²) in [6, 6.07) is 7.93. The molecule has 1 amide bonds. The van der Waals surface area contributed by atoms with Crippen LogP contribution in [0.4, 0.5) is 0 Å². The molecule has 0 spiro atoms. The summed E-state index contributed by atoms with van der Waals surface area (Å²) in [5, 5.41) is 9.46. The summed E-state index contributed by atoms with van der Waals surface area (Å²) in [5.74, 6) is -1.25. The van der Waals surface area contributed by atoms with Crippen molar-refractivity contribution in [2.75, 3.05) is 7.05 Å². The van der Waals surface area contributed by atoms with Gasteiger partial charge in [-0.05, 0) is 24.5 Å². The van der Waals surface area contributed by atoms with Gasteiger partial charge in [-0.15, -0.1) is 0 Å². The Labute approximate surface area is 184 Å². The molecule has 146 valence electrons. The second kappa shape index (κ2) is 15.7. The van der Waals surface area contributed by atoms with Gasteiger partial charge in [0.05, 0.1) is 0 Å². The number of hydrogen-bond donors (Lipinski definition) is 1. The first-order chi connectivity index (χ1) is 11.3. The van der Waals surface area contributed by atoms with Gasteiger partial charge in [-0.3, -0.25) is 4.79 Å². The molecule has 1 aromatic carbocycles. The molecule has 0 saturated carbocycles. The Hall–Kier alpha value is -0.580. The largest absolute Gasteiger partial charge is 0.479 e. The zero-order chi connectivity index (χ0) is 19.3. The SMILES string of the molecule is CC.CC.CCCc1ccc(CC(C)(C(=O)O)N(C)C(C)=O)cc1.[Ar]. The van der Waals surface area contributed by atoms with Crippen LogP contribution in [-0.2, 0) is 22.4 Å². The Balaban J connectivity index is -0.000000899. The van der Waals surface area contributed by atoms with Crippen molar-refractivity contribution in [1.29, 1.82) is 0 Å². The minimum atomic E-state index is -1.22. The van der Waals surface area contributed by atoms with Gasteiger partial charge in [0.1, 0.15) is 5.54 Å². The maximum absolute atomic E-state index is 11.5. The summed E-state index contributed by atoms with van der Waals surface area (Å²) in [6.45, 7) is 13.1. The van der Waals surface area contributed by atoms with Crippen LogP contribution in [0, 0.1) is 37.7 Å². The van der Waals surface area contributed by atoms with E-state index in [1.165, 1.54) is 24.4 Å². The van der Waals surface area contributed by atoms with Crippen molar-refractivity contribution in [2.24, 2.45) is 0 Å². The number of rotatable bonds is 6. The summed E-state index contributed by atoms with van der Waals surface area (Å²) in [7, 11) is 1.53. The van der Waals surface area contributed by atoms with Gasteiger partial charge in [-0.25, -0.2) is 4.79 Å². The van der Waals surface area contributed by atoms with Crippen molar-refractivity contribution in [1.82, 2.24) is 4.90 Å². The van der Waals surface area contributed by atoms with Crippen molar-refractivity contribution in [3.05, 3.63) is 35.4 Å². The minimum Gasteiger partial charge on any atom is -0.479 e. The van der Waals surface area contributed by atoms with Crippen LogP contribution in [0.2, 0.25) is 0 Å². The molecule has 0 aromatic heterocycles. The fraction of sp³-hybridized carbons (Fsp3) is 0.600. The second-order valence-electron chi connectivity index (χ2n) is 5.40. The maximum Gasteiger partial charge on any atom is 0.329 e. The van der Waals surface area contributed by atoms with Gasteiger partial charge in [0, 0.05) is 58.1 Å². The van der Waals surface area contributed by atoms with E-state index in [1.807, 2.05) is 52.0 Å². The van der Waals surface area contributed by atoms with Gasteiger partial charge >= 0.3 is 5.97 Å². The second-order valence-corrected chi connectivity index (χ2v) is 5.40. The van der Waals surface area contributed by atoms with Crippen LogP contribution in [0.15, 0.2) is 24.3 Å². The Morgan fingerprint density at radius 2 is 1.44 bits per heavy atom. The quantitative estimate of drug-likeness (QED) is 0.791. The van der Waals surface area contributed by atoms with E-state index in [4.69, 9.17) is 0 Å². The van der Waals surface area contributed by atoms with Gasteiger partial charge < -0.3 is 10.0 Å². The number of hydrogen-bond acceptors (Lipinski definition) is 2. The third-order valence-corrected chi connectivity index (χ3v) is 3.78. The van der Waals surface area contributed by atoms with Crippen molar-refractivity contribution in [2.45, 2.75) is 73.3 Å². The molecule has 1 aromatic rings. The number of carboxylic acid groups (broad SMARTS) is 1. The Morgan fingerprint density at radius 1 is 1.04 bits per heavy atom. The number of carbonyl (C=O) groups excluding carboxylic acids is 1. The van der Waals surface area contributed by atoms with Crippen molar-refractivity contribution >= 4 is 11.9 Å². The molecule has 0 aliphatic carbocycles. The summed E-state index contributed by atoms with van der Waals surface area (Å²) in [4.78, 5) is 24.3. The molecular weight excluding hydrogens is 342 g/mol. The standard InChI is InChI=1S/C16H23NO3.2C2H6.Ar/c1-5-6-13-7-9-14(10-8-13)11-16(3,15(19)20)17(4)12(2)18;2*1-2;/h7-10H,5-6,11H2,1-4H3,(H,19,20);2*1-2H3;. The third kappa shape index (κ3) is 9.62. The maximum atomic E-state index is 11.5. The summed E-state index contributed by atoms with van der Waals surface area (Å²) < 4.78 is 0.